The number of fused-ring (bicyclic) bond motifs is 1. The molecule has 1 saturated heterocycles. The first-order valence-corrected chi connectivity index (χ1v) is 10.4. The molecule has 0 bridgehead atoms. The molecule has 2 aromatic rings. The van der Waals surface area contributed by atoms with E-state index in [-0.39, 0.29) is 23.5 Å². The normalized spacial score (nSPS) is 20.1. The van der Waals surface area contributed by atoms with Crippen LogP contribution in [0.5, 0.6) is 11.5 Å². The molecule has 2 aliphatic rings. The predicted molar refractivity (Wildman–Crippen MR) is 99.5 cm³/mol. The summed E-state index contributed by atoms with van der Waals surface area (Å²) in [7, 11) is -3.04. The van der Waals surface area contributed by atoms with Crippen molar-refractivity contribution in [3.63, 3.8) is 0 Å². The van der Waals surface area contributed by atoms with Gasteiger partial charge in [-0.05, 0) is 24.6 Å². The first kappa shape index (κ1) is 17.6. The van der Waals surface area contributed by atoms with Gasteiger partial charge >= 0.3 is 0 Å². The zero-order valence-corrected chi connectivity index (χ0v) is 15.3. The molecule has 1 aromatic carbocycles. The van der Waals surface area contributed by atoms with Crippen molar-refractivity contribution >= 4 is 27.1 Å². The third-order valence-corrected chi connectivity index (χ3v) is 6.17. The number of pyridine rings is 1. The highest BCUT2D eigenvalue weighted by atomic mass is 32.2. The molecule has 8 nitrogen and oxygen atoms in total. The maximum Gasteiger partial charge on any atom is 0.253 e. The average Bonchev–Trinajstić information content (AvgIpc) is 3.00. The Hall–Kier alpha value is -2.81. The van der Waals surface area contributed by atoms with Crippen LogP contribution in [-0.2, 0) is 9.84 Å². The van der Waals surface area contributed by atoms with Crippen molar-refractivity contribution in [1.82, 2.24) is 10.3 Å². The van der Waals surface area contributed by atoms with Crippen LogP contribution in [0.4, 0.5) is 11.4 Å². The number of hydrogen-bond donors (Lipinski definition) is 2. The number of aromatic nitrogens is 1. The molecule has 0 radical (unpaired) electrons. The number of nitrogens with one attached hydrogen (secondary N) is 2. The molecule has 3 heterocycles. The van der Waals surface area contributed by atoms with Gasteiger partial charge in [-0.2, -0.15) is 0 Å². The Bertz CT molecular complexity index is 977. The average molecular weight is 389 g/mol. The lowest BCUT2D eigenvalue weighted by Crippen LogP contribution is -2.35. The molecular weight excluding hydrogens is 370 g/mol. The Morgan fingerprint density at radius 1 is 1.07 bits per heavy atom. The number of sulfone groups is 1. The highest BCUT2D eigenvalue weighted by molar-refractivity contribution is 7.91. The lowest BCUT2D eigenvalue weighted by molar-refractivity contribution is 0.0941. The van der Waals surface area contributed by atoms with E-state index in [2.05, 4.69) is 15.6 Å². The van der Waals surface area contributed by atoms with E-state index >= 15 is 0 Å². The molecule has 1 fully saturated rings. The zero-order chi connectivity index (χ0) is 18.9. The van der Waals surface area contributed by atoms with Crippen LogP contribution in [0.3, 0.4) is 0 Å². The fourth-order valence-corrected chi connectivity index (χ4v) is 4.77. The number of benzene rings is 1. The van der Waals surface area contributed by atoms with Gasteiger partial charge in [-0.25, -0.2) is 8.42 Å². The standard InChI is InChI=1S/C18H19N3O5S/c22-18(21-14-3-6-27(23,24)11-14)12-7-15(10-19-9-12)20-13-1-2-16-17(8-13)26-5-4-25-16/h1-2,7-10,14,20H,3-6,11H2,(H,21,22). The first-order chi connectivity index (χ1) is 13.0. The second-order valence-corrected chi connectivity index (χ2v) is 8.75. The van der Waals surface area contributed by atoms with Gasteiger partial charge in [-0.1, -0.05) is 0 Å². The summed E-state index contributed by atoms with van der Waals surface area (Å²) in [4.78, 5) is 16.5. The summed E-state index contributed by atoms with van der Waals surface area (Å²) in [6.07, 6.45) is 3.50. The van der Waals surface area contributed by atoms with Crippen molar-refractivity contribution in [2.45, 2.75) is 12.5 Å². The van der Waals surface area contributed by atoms with Crippen LogP contribution in [0.1, 0.15) is 16.8 Å². The number of amides is 1. The number of carbonyl (C=O) groups excluding carboxylic acids is 1. The molecule has 1 atom stereocenters. The molecule has 1 unspecified atom stereocenters. The van der Waals surface area contributed by atoms with E-state index in [4.69, 9.17) is 9.47 Å². The molecule has 2 N–H and O–H groups in total. The SMILES string of the molecule is O=C(NC1CCS(=O)(=O)C1)c1cncc(Nc2ccc3c(c2)OCCO3)c1. The van der Waals surface area contributed by atoms with Crippen molar-refractivity contribution in [3.05, 3.63) is 42.2 Å². The van der Waals surface area contributed by atoms with Crippen LogP contribution in [0.25, 0.3) is 0 Å². The maximum absolute atomic E-state index is 12.4. The van der Waals surface area contributed by atoms with Gasteiger partial charge in [0.05, 0.1) is 29.0 Å². The van der Waals surface area contributed by atoms with Crippen molar-refractivity contribution in [2.75, 3.05) is 30.0 Å². The van der Waals surface area contributed by atoms with E-state index in [1.54, 1.807) is 12.3 Å². The van der Waals surface area contributed by atoms with Crippen LogP contribution in [0.15, 0.2) is 36.7 Å². The van der Waals surface area contributed by atoms with Crippen LogP contribution < -0.4 is 20.1 Å². The van der Waals surface area contributed by atoms with Crippen molar-refractivity contribution < 1.29 is 22.7 Å². The maximum atomic E-state index is 12.4. The fourth-order valence-electron chi connectivity index (χ4n) is 3.10. The number of anilines is 2. The number of carbonyl (C=O) groups is 1. The van der Waals surface area contributed by atoms with Gasteiger partial charge in [-0.3, -0.25) is 9.78 Å². The summed E-state index contributed by atoms with van der Waals surface area (Å²) < 4.78 is 34.1. The molecule has 4 rings (SSSR count). The minimum atomic E-state index is -3.04. The molecule has 0 saturated carbocycles. The summed E-state index contributed by atoms with van der Waals surface area (Å²) in [5.74, 6) is 1.12. The minimum Gasteiger partial charge on any atom is -0.486 e. The molecule has 9 heteroatoms. The Kier molecular flexibility index (Phi) is 4.61. The van der Waals surface area contributed by atoms with Crippen molar-refractivity contribution in [1.29, 1.82) is 0 Å². The van der Waals surface area contributed by atoms with Gasteiger partial charge in [0.1, 0.15) is 13.2 Å². The van der Waals surface area contributed by atoms with Gasteiger partial charge in [-0.15, -0.1) is 0 Å². The number of ether oxygens (including phenoxy) is 2. The Labute approximate surface area is 156 Å². The molecule has 2 aliphatic heterocycles. The second-order valence-electron chi connectivity index (χ2n) is 6.52. The topological polar surface area (TPSA) is 107 Å². The molecule has 0 spiro atoms. The van der Waals surface area contributed by atoms with E-state index < -0.39 is 9.84 Å². The van der Waals surface area contributed by atoms with Gasteiger partial charge in [0.2, 0.25) is 0 Å². The van der Waals surface area contributed by atoms with Crippen LogP contribution >= 0.6 is 0 Å². The third-order valence-electron chi connectivity index (χ3n) is 4.40. The molecule has 1 aromatic heterocycles. The number of rotatable bonds is 4. The fraction of sp³-hybridized carbons (Fsp3) is 0.333. The number of hydrogen-bond acceptors (Lipinski definition) is 7. The van der Waals surface area contributed by atoms with Crippen LogP contribution in [-0.4, -0.2) is 50.1 Å². The van der Waals surface area contributed by atoms with Gasteiger partial charge in [0.15, 0.2) is 21.3 Å². The molecule has 27 heavy (non-hydrogen) atoms. The van der Waals surface area contributed by atoms with E-state index in [0.717, 1.165) is 5.69 Å². The Balaban J connectivity index is 1.45. The van der Waals surface area contributed by atoms with E-state index in [1.165, 1.54) is 6.20 Å². The highest BCUT2D eigenvalue weighted by Crippen LogP contribution is 2.33. The Morgan fingerprint density at radius 3 is 2.67 bits per heavy atom. The highest BCUT2D eigenvalue weighted by Gasteiger charge is 2.29. The summed E-state index contributed by atoms with van der Waals surface area (Å²) in [5.41, 5.74) is 1.78. The lowest BCUT2D eigenvalue weighted by atomic mass is 10.2. The summed E-state index contributed by atoms with van der Waals surface area (Å²) >= 11 is 0. The number of nitrogens with zero attached hydrogens (tertiary/aromatic N) is 1. The first-order valence-electron chi connectivity index (χ1n) is 8.61. The zero-order valence-electron chi connectivity index (χ0n) is 14.5. The van der Waals surface area contributed by atoms with E-state index in [0.29, 0.717) is 42.4 Å². The van der Waals surface area contributed by atoms with Gasteiger partial charge < -0.3 is 20.1 Å². The Morgan fingerprint density at radius 2 is 1.89 bits per heavy atom. The smallest absolute Gasteiger partial charge is 0.253 e. The van der Waals surface area contributed by atoms with Crippen LogP contribution in [0.2, 0.25) is 0 Å². The van der Waals surface area contributed by atoms with E-state index in [1.807, 2.05) is 18.2 Å². The van der Waals surface area contributed by atoms with Crippen molar-refractivity contribution in [2.24, 2.45) is 0 Å². The summed E-state index contributed by atoms with van der Waals surface area (Å²) in [5, 5.41) is 5.94. The largest absolute Gasteiger partial charge is 0.486 e. The minimum absolute atomic E-state index is 0.0126. The lowest BCUT2D eigenvalue weighted by Gasteiger charge is -2.19. The monoisotopic (exact) mass is 389 g/mol. The molecular formula is C18H19N3O5S. The van der Waals surface area contributed by atoms with E-state index in [9.17, 15) is 13.2 Å². The van der Waals surface area contributed by atoms with Gasteiger partial charge in [0, 0.05) is 24.0 Å². The molecule has 1 amide bonds. The third kappa shape index (κ3) is 4.13. The molecule has 0 aliphatic carbocycles. The van der Waals surface area contributed by atoms with Gasteiger partial charge in [0.25, 0.3) is 5.91 Å². The summed E-state index contributed by atoms with van der Waals surface area (Å²) in [6.45, 7) is 1.04. The predicted octanol–water partition coefficient (Wildman–Crippen LogP) is 1.51. The second kappa shape index (κ2) is 7.07. The molecule has 142 valence electrons. The summed E-state index contributed by atoms with van der Waals surface area (Å²) in [6, 6.07) is 6.81. The van der Waals surface area contributed by atoms with Crippen LogP contribution in [0, 0.1) is 0 Å². The van der Waals surface area contributed by atoms with Crippen molar-refractivity contribution in [3.8, 4) is 11.5 Å². The quantitative estimate of drug-likeness (QED) is 0.816.